The third-order valence-corrected chi connectivity index (χ3v) is 3.34. The van der Waals surface area contributed by atoms with E-state index in [0.29, 0.717) is 0 Å². The number of hydrogen-bond acceptors (Lipinski definition) is 2. The predicted octanol–water partition coefficient (Wildman–Crippen LogP) is 4.77. The van der Waals surface area contributed by atoms with Crippen molar-refractivity contribution < 1.29 is 4.74 Å². The van der Waals surface area contributed by atoms with Gasteiger partial charge in [-0.05, 0) is 54.3 Å². The molecule has 0 fully saturated rings. The minimum absolute atomic E-state index is 0.862. The Bertz CT molecular complexity index is 708. The molecule has 0 aliphatic rings. The van der Waals surface area contributed by atoms with Gasteiger partial charge in [-0.1, -0.05) is 36.4 Å². The highest BCUT2D eigenvalue weighted by Crippen LogP contribution is 2.26. The fraction of sp³-hybridized carbons (Fsp3) is 0.105. The van der Waals surface area contributed by atoms with Crippen LogP contribution >= 0.6 is 0 Å². The van der Waals surface area contributed by atoms with Crippen LogP contribution in [0, 0.1) is 6.92 Å². The average molecular weight is 275 g/mol. The highest BCUT2D eigenvalue weighted by Gasteiger charge is 2.03. The Kier molecular flexibility index (Phi) is 3.97. The Morgan fingerprint density at radius 3 is 2.48 bits per heavy atom. The van der Waals surface area contributed by atoms with Crippen molar-refractivity contribution in [3.05, 3.63) is 89.7 Å². The van der Waals surface area contributed by atoms with Crippen LogP contribution in [0.4, 0.5) is 0 Å². The second-order valence-electron chi connectivity index (χ2n) is 5.05. The van der Waals surface area contributed by atoms with Gasteiger partial charge in [-0.3, -0.25) is 4.98 Å². The van der Waals surface area contributed by atoms with Gasteiger partial charge < -0.3 is 4.74 Å². The van der Waals surface area contributed by atoms with Crippen LogP contribution in [0.25, 0.3) is 0 Å². The van der Waals surface area contributed by atoms with Gasteiger partial charge in [-0.2, -0.15) is 0 Å². The molecule has 0 radical (unpaired) electrons. The normalized spacial score (nSPS) is 10.3. The van der Waals surface area contributed by atoms with E-state index >= 15 is 0 Å². The van der Waals surface area contributed by atoms with Crippen LogP contribution in [0.2, 0.25) is 0 Å². The molecule has 1 heterocycles. The second kappa shape index (κ2) is 6.23. The number of aryl methyl sites for hydroxylation is 1. The SMILES string of the molecule is Cc1cc(Cc2cccnc2)ccc1Oc1ccccc1. The van der Waals surface area contributed by atoms with Crippen LogP contribution in [0.5, 0.6) is 11.5 Å². The van der Waals surface area contributed by atoms with Crippen molar-refractivity contribution in [3.63, 3.8) is 0 Å². The third-order valence-electron chi connectivity index (χ3n) is 3.34. The van der Waals surface area contributed by atoms with Crippen LogP contribution in [0.15, 0.2) is 73.1 Å². The molecule has 0 saturated carbocycles. The summed E-state index contributed by atoms with van der Waals surface area (Å²) in [4.78, 5) is 4.15. The van der Waals surface area contributed by atoms with Gasteiger partial charge in [0.1, 0.15) is 11.5 Å². The van der Waals surface area contributed by atoms with E-state index in [1.165, 1.54) is 11.1 Å². The maximum absolute atomic E-state index is 5.90. The molecule has 0 bridgehead atoms. The number of nitrogens with zero attached hydrogens (tertiary/aromatic N) is 1. The molecule has 0 amide bonds. The highest BCUT2D eigenvalue weighted by molar-refractivity contribution is 5.40. The molecule has 0 N–H and O–H groups in total. The summed E-state index contributed by atoms with van der Waals surface area (Å²) in [5.74, 6) is 1.76. The zero-order valence-electron chi connectivity index (χ0n) is 12.0. The number of ether oxygens (including phenoxy) is 1. The van der Waals surface area contributed by atoms with E-state index in [2.05, 4.69) is 30.1 Å². The fourth-order valence-corrected chi connectivity index (χ4v) is 2.29. The molecular weight excluding hydrogens is 258 g/mol. The van der Waals surface area contributed by atoms with E-state index in [1.54, 1.807) is 6.20 Å². The molecule has 3 rings (SSSR count). The zero-order valence-corrected chi connectivity index (χ0v) is 12.0. The first-order chi connectivity index (χ1) is 10.3. The van der Waals surface area contributed by atoms with Gasteiger partial charge >= 0.3 is 0 Å². The summed E-state index contributed by atoms with van der Waals surface area (Å²) in [5, 5.41) is 0. The van der Waals surface area contributed by atoms with Gasteiger partial charge in [-0.15, -0.1) is 0 Å². The molecule has 0 aliphatic carbocycles. The molecule has 0 aliphatic heterocycles. The first kappa shape index (κ1) is 13.4. The van der Waals surface area contributed by atoms with E-state index in [4.69, 9.17) is 4.74 Å². The first-order valence-corrected chi connectivity index (χ1v) is 7.02. The number of aromatic nitrogens is 1. The van der Waals surface area contributed by atoms with E-state index in [-0.39, 0.29) is 0 Å². The van der Waals surface area contributed by atoms with Crippen molar-refractivity contribution in [2.45, 2.75) is 13.3 Å². The van der Waals surface area contributed by atoms with Crippen LogP contribution in [0.3, 0.4) is 0 Å². The molecular formula is C19H17NO. The Morgan fingerprint density at radius 2 is 1.76 bits per heavy atom. The average Bonchev–Trinajstić information content (AvgIpc) is 2.52. The summed E-state index contributed by atoms with van der Waals surface area (Å²) in [6.07, 6.45) is 4.59. The number of para-hydroxylation sites is 1. The van der Waals surface area contributed by atoms with Crippen molar-refractivity contribution in [1.29, 1.82) is 0 Å². The van der Waals surface area contributed by atoms with Gasteiger partial charge in [0.05, 0.1) is 0 Å². The molecule has 1 aromatic heterocycles. The fourth-order valence-electron chi connectivity index (χ4n) is 2.29. The Hall–Kier alpha value is -2.61. The van der Waals surface area contributed by atoms with E-state index < -0.39 is 0 Å². The summed E-state index contributed by atoms with van der Waals surface area (Å²) < 4.78 is 5.90. The molecule has 0 spiro atoms. The van der Waals surface area contributed by atoms with Gasteiger partial charge in [0.15, 0.2) is 0 Å². The predicted molar refractivity (Wildman–Crippen MR) is 84.7 cm³/mol. The number of rotatable bonds is 4. The third kappa shape index (κ3) is 3.48. The summed E-state index contributed by atoms with van der Waals surface area (Å²) in [5.41, 5.74) is 3.62. The van der Waals surface area contributed by atoms with Gasteiger partial charge in [0.25, 0.3) is 0 Å². The minimum Gasteiger partial charge on any atom is -0.457 e. The van der Waals surface area contributed by atoms with Crippen molar-refractivity contribution in [3.8, 4) is 11.5 Å². The molecule has 21 heavy (non-hydrogen) atoms. The lowest BCUT2D eigenvalue weighted by atomic mass is 10.0. The monoisotopic (exact) mass is 275 g/mol. The van der Waals surface area contributed by atoms with Gasteiger partial charge in [-0.25, -0.2) is 0 Å². The quantitative estimate of drug-likeness (QED) is 0.684. The van der Waals surface area contributed by atoms with Crippen LogP contribution in [0.1, 0.15) is 16.7 Å². The lowest BCUT2D eigenvalue weighted by Crippen LogP contribution is -1.92. The maximum Gasteiger partial charge on any atom is 0.130 e. The maximum atomic E-state index is 5.90. The molecule has 3 aromatic rings. The lowest BCUT2D eigenvalue weighted by Gasteiger charge is -2.10. The standard InChI is InChI=1S/C19H17NO/c1-15-12-16(13-17-6-5-11-20-14-17)9-10-19(15)21-18-7-3-2-4-8-18/h2-12,14H,13H2,1H3. The highest BCUT2D eigenvalue weighted by atomic mass is 16.5. The summed E-state index contributed by atoms with van der Waals surface area (Å²) in [6.45, 7) is 2.07. The van der Waals surface area contributed by atoms with Gasteiger partial charge in [0, 0.05) is 12.4 Å². The zero-order chi connectivity index (χ0) is 14.5. The largest absolute Gasteiger partial charge is 0.457 e. The summed E-state index contributed by atoms with van der Waals surface area (Å²) in [7, 11) is 0. The van der Waals surface area contributed by atoms with Crippen molar-refractivity contribution >= 4 is 0 Å². The molecule has 0 unspecified atom stereocenters. The smallest absolute Gasteiger partial charge is 0.130 e. The Labute approximate surface area is 125 Å². The van der Waals surface area contributed by atoms with E-state index in [0.717, 1.165) is 23.5 Å². The minimum atomic E-state index is 0.862. The molecule has 104 valence electrons. The molecule has 0 atom stereocenters. The van der Waals surface area contributed by atoms with Gasteiger partial charge in [0.2, 0.25) is 0 Å². The van der Waals surface area contributed by atoms with Crippen LogP contribution in [-0.2, 0) is 6.42 Å². The van der Waals surface area contributed by atoms with Crippen LogP contribution < -0.4 is 4.74 Å². The number of pyridine rings is 1. The first-order valence-electron chi connectivity index (χ1n) is 7.02. The Morgan fingerprint density at radius 1 is 0.905 bits per heavy atom. The van der Waals surface area contributed by atoms with E-state index in [1.807, 2.05) is 48.7 Å². The second-order valence-corrected chi connectivity index (χ2v) is 5.05. The molecule has 0 saturated heterocycles. The molecule has 2 nitrogen and oxygen atoms in total. The number of benzene rings is 2. The Balaban J connectivity index is 1.77. The molecule has 2 aromatic carbocycles. The number of hydrogen-bond donors (Lipinski definition) is 0. The van der Waals surface area contributed by atoms with Crippen molar-refractivity contribution in [2.24, 2.45) is 0 Å². The van der Waals surface area contributed by atoms with Crippen molar-refractivity contribution in [2.75, 3.05) is 0 Å². The topological polar surface area (TPSA) is 22.1 Å². The van der Waals surface area contributed by atoms with Crippen LogP contribution in [-0.4, -0.2) is 4.98 Å². The van der Waals surface area contributed by atoms with Crippen molar-refractivity contribution in [1.82, 2.24) is 4.98 Å². The van der Waals surface area contributed by atoms with E-state index in [9.17, 15) is 0 Å². The summed E-state index contributed by atoms with van der Waals surface area (Å²) >= 11 is 0. The summed E-state index contributed by atoms with van der Waals surface area (Å²) in [6, 6.07) is 20.2. The molecule has 2 heteroatoms. The lowest BCUT2D eigenvalue weighted by molar-refractivity contribution is 0.478.